The molecule has 0 aliphatic carbocycles. The fourth-order valence-electron chi connectivity index (χ4n) is 3.86. The summed E-state index contributed by atoms with van der Waals surface area (Å²) in [7, 11) is -4.55. The summed E-state index contributed by atoms with van der Waals surface area (Å²) < 4.78 is 34.4. The number of rotatable bonds is 5. The number of imidazole rings is 1. The Morgan fingerprint density at radius 1 is 0.758 bits per heavy atom. The van der Waals surface area contributed by atoms with Gasteiger partial charge in [-0.25, -0.2) is 4.98 Å². The largest absolute Gasteiger partial charge is 0.338 e. The molecule has 0 spiro atoms. The van der Waals surface area contributed by atoms with Gasteiger partial charge in [-0.1, -0.05) is 78.9 Å². The molecule has 0 bridgehead atoms. The second kappa shape index (κ2) is 8.12. The lowest BCUT2D eigenvalue weighted by Gasteiger charge is -2.10. The van der Waals surface area contributed by atoms with Crippen molar-refractivity contribution in [1.29, 1.82) is 0 Å². The van der Waals surface area contributed by atoms with E-state index in [4.69, 9.17) is 0 Å². The van der Waals surface area contributed by atoms with E-state index in [9.17, 15) is 17.8 Å². The maximum absolute atomic E-state index is 13.0. The van der Waals surface area contributed by atoms with Gasteiger partial charge in [-0.2, -0.15) is 8.42 Å². The van der Waals surface area contributed by atoms with Crippen LogP contribution in [0.1, 0.15) is 15.9 Å². The van der Waals surface area contributed by atoms with Crippen LogP contribution < -0.4 is 0 Å². The summed E-state index contributed by atoms with van der Waals surface area (Å²) >= 11 is 0. The van der Waals surface area contributed by atoms with Crippen molar-refractivity contribution in [3.8, 4) is 22.5 Å². The number of benzene rings is 4. The minimum atomic E-state index is -4.55. The van der Waals surface area contributed by atoms with Crippen molar-refractivity contribution >= 4 is 26.9 Å². The third-order valence-electron chi connectivity index (χ3n) is 5.39. The van der Waals surface area contributed by atoms with Crippen LogP contribution in [-0.2, 0) is 10.1 Å². The van der Waals surface area contributed by atoms with Gasteiger partial charge in [0, 0.05) is 22.3 Å². The van der Waals surface area contributed by atoms with Crippen molar-refractivity contribution in [2.24, 2.45) is 0 Å². The van der Waals surface area contributed by atoms with Gasteiger partial charge in [0.15, 0.2) is 5.78 Å². The summed E-state index contributed by atoms with van der Waals surface area (Å²) in [5.74, 6) is 0.376. The fraction of sp³-hybridized carbons (Fsp3) is 0. The number of nitrogens with one attached hydrogen (secondary N) is 1. The van der Waals surface area contributed by atoms with E-state index in [1.165, 1.54) is 6.07 Å². The van der Waals surface area contributed by atoms with Crippen LogP contribution in [0.4, 0.5) is 0 Å². The number of hydrogen-bond acceptors (Lipinski definition) is 4. The molecule has 0 amide bonds. The average Bonchev–Trinajstić information content (AvgIpc) is 3.28. The first-order chi connectivity index (χ1) is 15.9. The maximum Gasteiger partial charge on any atom is 0.295 e. The first-order valence-electron chi connectivity index (χ1n) is 10.2. The highest BCUT2D eigenvalue weighted by atomic mass is 32.2. The minimum Gasteiger partial charge on any atom is -0.338 e. The summed E-state index contributed by atoms with van der Waals surface area (Å²) in [6, 6.07) is 27.8. The first-order valence-corrected chi connectivity index (χ1v) is 11.6. The number of aromatic amines is 1. The molecule has 1 aromatic heterocycles. The van der Waals surface area contributed by atoms with Gasteiger partial charge in [-0.3, -0.25) is 9.35 Å². The highest BCUT2D eigenvalue weighted by molar-refractivity contribution is 7.86. The van der Waals surface area contributed by atoms with Crippen molar-refractivity contribution in [2.45, 2.75) is 4.90 Å². The molecule has 5 rings (SSSR count). The van der Waals surface area contributed by atoms with E-state index >= 15 is 0 Å². The molecule has 5 aromatic rings. The second-order valence-electron chi connectivity index (χ2n) is 7.54. The zero-order chi connectivity index (χ0) is 23.0. The number of fused-ring (bicyclic) bond motifs is 1. The van der Waals surface area contributed by atoms with Crippen LogP contribution in [0.5, 0.6) is 0 Å². The predicted molar refractivity (Wildman–Crippen MR) is 127 cm³/mol. The third kappa shape index (κ3) is 3.95. The Kier molecular flexibility index (Phi) is 5.12. The quantitative estimate of drug-likeness (QED) is 0.275. The van der Waals surface area contributed by atoms with Gasteiger partial charge in [0.1, 0.15) is 10.7 Å². The van der Waals surface area contributed by atoms with E-state index in [-0.39, 0.29) is 16.2 Å². The van der Waals surface area contributed by atoms with Gasteiger partial charge < -0.3 is 4.98 Å². The van der Waals surface area contributed by atoms with Crippen molar-refractivity contribution in [2.75, 3.05) is 0 Å². The minimum absolute atomic E-state index is 0.190. The Hall–Kier alpha value is -4.07. The lowest BCUT2D eigenvalue weighted by Crippen LogP contribution is -2.03. The average molecular weight is 455 g/mol. The Labute approximate surface area is 190 Å². The monoisotopic (exact) mass is 454 g/mol. The first kappa shape index (κ1) is 20.8. The van der Waals surface area contributed by atoms with E-state index in [1.54, 1.807) is 54.6 Å². The number of aromatic nitrogens is 2. The Bertz CT molecular complexity index is 1590. The Morgan fingerprint density at radius 3 is 2.09 bits per heavy atom. The molecule has 33 heavy (non-hydrogen) atoms. The molecule has 0 radical (unpaired) electrons. The van der Waals surface area contributed by atoms with Crippen LogP contribution in [-0.4, -0.2) is 28.7 Å². The van der Waals surface area contributed by atoms with Crippen LogP contribution in [0.15, 0.2) is 102 Å². The summed E-state index contributed by atoms with van der Waals surface area (Å²) in [4.78, 5) is 20.6. The highest BCUT2D eigenvalue weighted by Crippen LogP contribution is 2.35. The van der Waals surface area contributed by atoms with Gasteiger partial charge in [-0.05, 0) is 23.8 Å². The van der Waals surface area contributed by atoms with Crippen molar-refractivity contribution in [1.82, 2.24) is 9.97 Å². The van der Waals surface area contributed by atoms with Crippen molar-refractivity contribution in [3.63, 3.8) is 0 Å². The molecule has 0 saturated heterocycles. The molecule has 2 N–H and O–H groups in total. The van der Waals surface area contributed by atoms with Crippen molar-refractivity contribution in [3.05, 3.63) is 108 Å². The molecular weight excluding hydrogens is 436 g/mol. The normalized spacial score (nSPS) is 11.5. The van der Waals surface area contributed by atoms with E-state index in [0.29, 0.717) is 33.5 Å². The Morgan fingerprint density at radius 2 is 1.39 bits per heavy atom. The van der Waals surface area contributed by atoms with E-state index in [2.05, 4.69) is 9.97 Å². The molecule has 0 atom stereocenters. The Balaban J connectivity index is 1.73. The SMILES string of the molecule is O=C(c1ccccc1)c1cccc(-c2c(S(=O)(=O)O)ccc3[nH]c(-c4ccccc4)nc23)c1. The zero-order valence-corrected chi connectivity index (χ0v) is 18.1. The molecule has 1 heterocycles. The maximum atomic E-state index is 13.0. The molecule has 162 valence electrons. The van der Waals surface area contributed by atoms with Gasteiger partial charge >= 0.3 is 0 Å². The van der Waals surface area contributed by atoms with E-state index in [0.717, 1.165) is 5.56 Å². The molecule has 0 unspecified atom stereocenters. The summed E-state index contributed by atoms with van der Waals surface area (Å²) in [6.45, 7) is 0. The van der Waals surface area contributed by atoms with Crippen LogP contribution in [0.3, 0.4) is 0 Å². The number of carbonyl (C=O) groups is 1. The fourth-order valence-corrected chi connectivity index (χ4v) is 4.57. The van der Waals surface area contributed by atoms with Gasteiger partial charge in [0.2, 0.25) is 0 Å². The lowest BCUT2D eigenvalue weighted by atomic mass is 9.97. The van der Waals surface area contributed by atoms with Gasteiger partial charge in [0.05, 0.1) is 11.0 Å². The second-order valence-corrected chi connectivity index (χ2v) is 8.93. The number of ketones is 1. The zero-order valence-electron chi connectivity index (χ0n) is 17.3. The molecule has 0 fully saturated rings. The smallest absolute Gasteiger partial charge is 0.295 e. The molecule has 4 aromatic carbocycles. The molecule has 0 aliphatic rings. The van der Waals surface area contributed by atoms with Crippen LogP contribution in [0.2, 0.25) is 0 Å². The standard InChI is InChI=1S/C26H18N2O4S/c29-25(17-8-3-1-4-9-17)20-13-7-12-19(16-20)23-22(33(30,31)32)15-14-21-24(23)28-26(27-21)18-10-5-2-6-11-18/h1-16H,(H,27,28)(H,30,31,32). The van der Waals surface area contributed by atoms with Crippen LogP contribution >= 0.6 is 0 Å². The lowest BCUT2D eigenvalue weighted by molar-refractivity contribution is 0.103. The molecule has 6 nitrogen and oxygen atoms in total. The van der Waals surface area contributed by atoms with E-state index < -0.39 is 10.1 Å². The number of hydrogen-bond donors (Lipinski definition) is 2. The number of carbonyl (C=O) groups excluding carboxylic acids is 1. The van der Waals surface area contributed by atoms with Gasteiger partial charge in [-0.15, -0.1) is 0 Å². The summed E-state index contributed by atoms with van der Waals surface area (Å²) in [6.07, 6.45) is 0. The summed E-state index contributed by atoms with van der Waals surface area (Å²) in [5, 5.41) is 0. The molecule has 0 aliphatic heterocycles. The molecular formula is C26H18N2O4S. The van der Waals surface area contributed by atoms with E-state index in [1.807, 2.05) is 36.4 Å². The van der Waals surface area contributed by atoms with Crippen LogP contribution in [0.25, 0.3) is 33.5 Å². The number of H-pyrrole nitrogens is 1. The third-order valence-corrected chi connectivity index (χ3v) is 6.29. The van der Waals surface area contributed by atoms with Crippen molar-refractivity contribution < 1.29 is 17.8 Å². The number of nitrogens with zero attached hydrogens (tertiary/aromatic N) is 1. The highest BCUT2D eigenvalue weighted by Gasteiger charge is 2.23. The van der Waals surface area contributed by atoms with Crippen LogP contribution in [0, 0.1) is 0 Å². The summed E-state index contributed by atoms with van der Waals surface area (Å²) in [5.41, 5.74) is 3.44. The predicted octanol–water partition coefficient (Wildman–Crippen LogP) is 5.37. The molecule has 7 heteroatoms. The van der Waals surface area contributed by atoms with Gasteiger partial charge in [0.25, 0.3) is 10.1 Å². The molecule has 0 saturated carbocycles. The topological polar surface area (TPSA) is 100 Å².